The lowest BCUT2D eigenvalue weighted by molar-refractivity contribution is 0.0589. The molecule has 0 aliphatic heterocycles. The van der Waals surface area contributed by atoms with Gasteiger partial charge in [0.15, 0.2) is 6.29 Å². The normalized spacial score (nSPS) is 9.73. The molecule has 0 bridgehead atoms. The summed E-state index contributed by atoms with van der Waals surface area (Å²) in [7, 11) is 1.29. The third kappa shape index (κ3) is 2.18. The first-order valence-electron chi connectivity index (χ1n) is 4.19. The van der Waals surface area contributed by atoms with Gasteiger partial charge in [-0.3, -0.25) is 4.79 Å². The predicted molar refractivity (Wildman–Crippen MR) is 59.1 cm³/mol. The molecular formula is C10H10BrNO3. The molecule has 4 nitrogen and oxygen atoms in total. The predicted octanol–water partition coefficient (Wildman–Crippen LogP) is 2.04. The summed E-state index contributed by atoms with van der Waals surface area (Å²) in [6.45, 7) is 3.94. The van der Waals surface area contributed by atoms with Crippen molar-refractivity contribution in [1.29, 1.82) is 0 Å². The zero-order valence-corrected chi connectivity index (χ0v) is 9.78. The molecule has 15 heavy (non-hydrogen) atoms. The Labute approximate surface area is 95.7 Å². The standard InChI is InChI=1S/C10H10BrNO3/c1-3-4-12-8(10(14)15-2)5-7(11)9(12)6-13/h3,5-6H,1,4H2,2H3. The molecule has 0 atom stereocenters. The molecule has 0 saturated carbocycles. The van der Waals surface area contributed by atoms with Gasteiger partial charge in [-0.25, -0.2) is 4.79 Å². The van der Waals surface area contributed by atoms with E-state index in [4.69, 9.17) is 0 Å². The fraction of sp³-hybridized carbons (Fsp3) is 0.200. The Morgan fingerprint density at radius 3 is 2.87 bits per heavy atom. The Hall–Kier alpha value is -1.36. The maximum absolute atomic E-state index is 11.4. The van der Waals surface area contributed by atoms with Crippen LogP contribution in [0.25, 0.3) is 0 Å². The Balaban J connectivity index is 3.31. The summed E-state index contributed by atoms with van der Waals surface area (Å²) in [5.41, 5.74) is 0.724. The Morgan fingerprint density at radius 2 is 2.40 bits per heavy atom. The van der Waals surface area contributed by atoms with Gasteiger partial charge in [-0.2, -0.15) is 0 Å². The van der Waals surface area contributed by atoms with Crippen LogP contribution in [0.4, 0.5) is 0 Å². The van der Waals surface area contributed by atoms with Gasteiger partial charge < -0.3 is 9.30 Å². The molecule has 0 unspecified atom stereocenters. The number of aldehydes is 1. The van der Waals surface area contributed by atoms with Crippen LogP contribution in [-0.2, 0) is 11.3 Å². The molecule has 0 N–H and O–H groups in total. The van der Waals surface area contributed by atoms with Crippen LogP contribution in [0.15, 0.2) is 23.2 Å². The largest absolute Gasteiger partial charge is 0.464 e. The number of ether oxygens (including phenoxy) is 1. The lowest BCUT2D eigenvalue weighted by Crippen LogP contribution is -2.11. The van der Waals surface area contributed by atoms with Gasteiger partial charge in [0.2, 0.25) is 0 Å². The molecule has 0 radical (unpaired) electrons. The highest BCUT2D eigenvalue weighted by atomic mass is 79.9. The van der Waals surface area contributed by atoms with Gasteiger partial charge in [-0.05, 0) is 22.0 Å². The Morgan fingerprint density at radius 1 is 1.73 bits per heavy atom. The van der Waals surface area contributed by atoms with Gasteiger partial charge in [0, 0.05) is 11.0 Å². The number of hydrogen-bond acceptors (Lipinski definition) is 3. The minimum atomic E-state index is -0.481. The fourth-order valence-corrected chi connectivity index (χ4v) is 1.77. The highest BCUT2D eigenvalue weighted by Crippen LogP contribution is 2.21. The van der Waals surface area contributed by atoms with E-state index in [2.05, 4.69) is 27.2 Å². The van der Waals surface area contributed by atoms with Gasteiger partial charge in [-0.15, -0.1) is 6.58 Å². The molecule has 0 aliphatic carbocycles. The van der Waals surface area contributed by atoms with Crippen LogP contribution in [0.3, 0.4) is 0 Å². The van der Waals surface area contributed by atoms with E-state index in [0.717, 1.165) is 0 Å². The molecule has 0 aliphatic rings. The van der Waals surface area contributed by atoms with Gasteiger partial charge >= 0.3 is 5.97 Å². The van der Waals surface area contributed by atoms with Crippen molar-refractivity contribution in [2.45, 2.75) is 6.54 Å². The number of aromatic nitrogens is 1. The highest BCUT2D eigenvalue weighted by Gasteiger charge is 2.17. The van der Waals surface area contributed by atoms with E-state index in [1.54, 1.807) is 12.1 Å². The lowest BCUT2D eigenvalue weighted by atomic mass is 10.4. The van der Waals surface area contributed by atoms with Crippen molar-refractivity contribution in [2.24, 2.45) is 0 Å². The van der Waals surface area contributed by atoms with Crippen molar-refractivity contribution in [2.75, 3.05) is 7.11 Å². The van der Waals surface area contributed by atoms with Crippen molar-refractivity contribution in [3.63, 3.8) is 0 Å². The van der Waals surface area contributed by atoms with Crippen LogP contribution in [0.1, 0.15) is 21.0 Å². The smallest absolute Gasteiger partial charge is 0.354 e. The number of esters is 1. The molecule has 1 aromatic rings. The minimum absolute atomic E-state index is 0.325. The monoisotopic (exact) mass is 271 g/mol. The molecule has 0 spiro atoms. The van der Waals surface area contributed by atoms with Crippen LogP contribution in [0.5, 0.6) is 0 Å². The first-order chi connectivity index (χ1) is 7.15. The van der Waals surface area contributed by atoms with E-state index in [1.807, 2.05) is 0 Å². The topological polar surface area (TPSA) is 48.3 Å². The van der Waals surface area contributed by atoms with Crippen molar-refractivity contribution < 1.29 is 14.3 Å². The summed E-state index contributed by atoms with van der Waals surface area (Å²) in [5.74, 6) is -0.481. The highest BCUT2D eigenvalue weighted by molar-refractivity contribution is 9.10. The second-order valence-corrected chi connectivity index (χ2v) is 3.63. The molecule has 0 amide bonds. The quantitative estimate of drug-likeness (QED) is 0.478. The van der Waals surface area contributed by atoms with Crippen LogP contribution < -0.4 is 0 Å². The van der Waals surface area contributed by atoms with Crippen LogP contribution in [0.2, 0.25) is 0 Å². The Bertz CT molecular complexity index is 409. The molecule has 80 valence electrons. The van der Waals surface area contributed by atoms with E-state index in [-0.39, 0.29) is 0 Å². The number of methoxy groups -OCH3 is 1. The first kappa shape index (κ1) is 11.7. The molecule has 1 rings (SSSR count). The molecule has 0 fully saturated rings. The van der Waals surface area contributed by atoms with E-state index < -0.39 is 5.97 Å². The lowest BCUT2D eigenvalue weighted by Gasteiger charge is -2.06. The van der Waals surface area contributed by atoms with Crippen molar-refractivity contribution in [3.05, 3.63) is 34.6 Å². The molecule has 1 heterocycles. The summed E-state index contributed by atoms with van der Waals surface area (Å²) in [6, 6.07) is 1.55. The fourth-order valence-electron chi connectivity index (χ4n) is 1.25. The summed E-state index contributed by atoms with van der Waals surface area (Å²) >= 11 is 3.20. The molecule has 1 aromatic heterocycles. The van der Waals surface area contributed by atoms with E-state index in [9.17, 15) is 9.59 Å². The number of carbonyl (C=O) groups is 2. The van der Waals surface area contributed by atoms with E-state index in [1.165, 1.54) is 11.7 Å². The SMILES string of the molecule is C=CCn1c(C(=O)OC)cc(Br)c1C=O. The van der Waals surface area contributed by atoms with Gasteiger partial charge in [0.1, 0.15) is 5.69 Å². The third-order valence-corrected chi connectivity index (χ3v) is 2.54. The number of hydrogen-bond donors (Lipinski definition) is 0. The summed E-state index contributed by atoms with van der Waals surface area (Å²) in [5, 5.41) is 0. The van der Waals surface area contributed by atoms with Gasteiger partial charge in [0.25, 0.3) is 0 Å². The minimum Gasteiger partial charge on any atom is -0.464 e. The molecule has 0 saturated heterocycles. The number of allylic oxidation sites excluding steroid dienone is 1. The molecular weight excluding hydrogens is 262 g/mol. The van der Waals surface area contributed by atoms with Crippen LogP contribution in [-0.4, -0.2) is 23.9 Å². The number of halogens is 1. The van der Waals surface area contributed by atoms with Crippen LogP contribution in [0, 0.1) is 0 Å². The average molecular weight is 272 g/mol. The van der Waals surface area contributed by atoms with E-state index in [0.29, 0.717) is 28.7 Å². The zero-order valence-electron chi connectivity index (χ0n) is 8.20. The maximum Gasteiger partial charge on any atom is 0.354 e. The van der Waals surface area contributed by atoms with Gasteiger partial charge in [-0.1, -0.05) is 6.08 Å². The number of rotatable bonds is 4. The zero-order chi connectivity index (χ0) is 11.4. The summed E-state index contributed by atoms with van der Waals surface area (Å²) in [6.07, 6.45) is 2.28. The second-order valence-electron chi connectivity index (χ2n) is 2.77. The summed E-state index contributed by atoms with van der Waals surface area (Å²) < 4.78 is 6.71. The number of nitrogens with zero attached hydrogens (tertiary/aromatic N) is 1. The second kappa shape index (κ2) is 4.93. The molecule has 0 aromatic carbocycles. The van der Waals surface area contributed by atoms with Crippen molar-refractivity contribution in [3.8, 4) is 0 Å². The first-order valence-corrected chi connectivity index (χ1v) is 4.98. The van der Waals surface area contributed by atoms with Crippen molar-refractivity contribution in [1.82, 2.24) is 4.57 Å². The average Bonchev–Trinajstić information content (AvgIpc) is 2.54. The Kier molecular flexibility index (Phi) is 3.85. The maximum atomic E-state index is 11.4. The molecule has 5 heteroatoms. The van der Waals surface area contributed by atoms with Gasteiger partial charge in [0.05, 0.1) is 12.8 Å². The number of carbonyl (C=O) groups excluding carboxylic acids is 2. The van der Waals surface area contributed by atoms with E-state index >= 15 is 0 Å². The summed E-state index contributed by atoms with van der Waals surface area (Å²) in [4.78, 5) is 22.2. The van der Waals surface area contributed by atoms with Crippen LogP contribution >= 0.6 is 15.9 Å². The van der Waals surface area contributed by atoms with Crippen molar-refractivity contribution >= 4 is 28.2 Å². The third-order valence-electron chi connectivity index (χ3n) is 1.91.